The summed E-state index contributed by atoms with van der Waals surface area (Å²) in [6.45, 7) is 2.45. The number of nitrogens with zero attached hydrogens (tertiary/aromatic N) is 2. The van der Waals surface area contributed by atoms with Gasteiger partial charge in [0.05, 0.1) is 5.56 Å². The van der Waals surface area contributed by atoms with Crippen molar-refractivity contribution in [3.05, 3.63) is 29.6 Å². The number of amidine groups is 1. The number of nitrogens with one attached hydrogen (secondary N) is 1. The Morgan fingerprint density at radius 3 is 2.94 bits per heavy atom. The van der Waals surface area contributed by atoms with E-state index >= 15 is 0 Å². The van der Waals surface area contributed by atoms with Crippen molar-refractivity contribution in [1.82, 2.24) is 10.3 Å². The van der Waals surface area contributed by atoms with Crippen LogP contribution in [0, 0.1) is 6.92 Å². The molecule has 0 saturated heterocycles. The zero-order chi connectivity index (χ0) is 13.4. The van der Waals surface area contributed by atoms with E-state index in [1.165, 1.54) is 0 Å². The highest BCUT2D eigenvalue weighted by molar-refractivity contribution is 5.93. The predicted molar refractivity (Wildman–Crippen MR) is 68.6 cm³/mol. The summed E-state index contributed by atoms with van der Waals surface area (Å²) in [7, 11) is 0. The molecule has 0 unspecified atom stereocenters. The van der Waals surface area contributed by atoms with Gasteiger partial charge in [0.1, 0.15) is 5.84 Å². The van der Waals surface area contributed by atoms with Crippen LogP contribution in [0.5, 0.6) is 0 Å². The van der Waals surface area contributed by atoms with Gasteiger partial charge in [-0.3, -0.25) is 9.78 Å². The van der Waals surface area contributed by atoms with Crippen LogP contribution in [-0.2, 0) is 0 Å². The minimum atomic E-state index is -0.130. The minimum Gasteiger partial charge on any atom is -0.409 e. The number of hydrogen-bond acceptors (Lipinski definition) is 4. The van der Waals surface area contributed by atoms with E-state index in [9.17, 15) is 4.79 Å². The summed E-state index contributed by atoms with van der Waals surface area (Å²) in [5.41, 5.74) is 6.84. The molecule has 1 heterocycles. The summed E-state index contributed by atoms with van der Waals surface area (Å²) in [5.74, 6) is 0.0826. The Labute approximate surface area is 106 Å². The number of rotatable bonds is 6. The summed E-state index contributed by atoms with van der Waals surface area (Å²) < 4.78 is 0. The Morgan fingerprint density at radius 2 is 2.28 bits per heavy atom. The first-order valence-electron chi connectivity index (χ1n) is 5.79. The number of amides is 1. The average Bonchev–Trinajstić information content (AvgIpc) is 2.37. The molecular formula is C12H18N4O2. The highest BCUT2D eigenvalue weighted by Gasteiger charge is 2.04. The Morgan fingerprint density at radius 1 is 1.50 bits per heavy atom. The molecule has 1 amide bonds. The third-order valence-corrected chi connectivity index (χ3v) is 2.41. The van der Waals surface area contributed by atoms with Crippen molar-refractivity contribution in [2.45, 2.75) is 26.2 Å². The van der Waals surface area contributed by atoms with Crippen LogP contribution in [0.15, 0.2) is 23.6 Å². The lowest BCUT2D eigenvalue weighted by Gasteiger charge is -2.05. The monoisotopic (exact) mass is 250 g/mol. The number of carbonyl (C=O) groups excluding carboxylic acids is 1. The first-order valence-corrected chi connectivity index (χ1v) is 5.79. The molecule has 18 heavy (non-hydrogen) atoms. The van der Waals surface area contributed by atoms with Crippen molar-refractivity contribution < 1.29 is 10.0 Å². The van der Waals surface area contributed by atoms with E-state index in [2.05, 4.69) is 15.5 Å². The normalized spacial score (nSPS) is 11.3. The number of unbranched alkanes of at least 4 members (excludes halogenated alkanes) is 1. The number of aryl methyl sites for hydroxylation is 1. The Kier molecular flexibility index (Phi) is 5.63. The number of oxime groups is 1. The zero-order valence-electron chi connectivity index (χ0n) is 10.4. The smallest absolute Gasteiger partial charge is 0.252 e. The number of pyridine rings is 1. The molecule has 0 saturated carbocycles. The minimum absolute atomic E-state index is 0.130. The van der Waals surface area contributed by atoms with Crippen LogP contribution in [0.2, 0.25) is 0 Å². The van der Waals surface area contributed by atoms with Gasteiger partial charge >= 0.3 is 0 Å². The zero-order valence-corrected chi connectivity index (χ0v) is 10.4. The predicted octanol–water partition coefficient (Wildman–Crippen LogP) is 1.04. The highest BCUT2D eigenvalue weighted by Crippen LogP contribution is 2.01. The Bertz CT molecular complexity index is 432. The second-order valence-corrected chi connectivity index (χ2v) is 4.06. The van der Waals surface area contributed by atoms with Crippen molar-refractivity contribution in [3.63, 3.8) is 0 Å². The molecule has 4 N–H and O–H groups in total. The molecule has 0 fully saturated rings. The molecule has 98 valence electrons. The molecule has 0 aromatic carbocycles. The average molecular weight is 250 g/mol. The van der Waals surface area contributed by atoms with Crippen LogP contribution in [0.4, 0.5) is 0 Å². The topological polar surface area (TPSA) is 101 Å². The standard InChI is InChI=1S/C12H18N4O2/c1-9-6-10(8-14-7-9)12(17)15-5-3-2-4-11(13)16-18/h6-8,18H,2-5H2,1H3,(H2,13,16)(H,15,17). The van der Waals surface area contributed by atoms with Crippen LogP contribution < -0.4 is 11.1 Å². The van der Waals surface area contributed by atoms with E-state index in [0.29, 0.717) is 18.5 Å². The first kappa shape index (κ1) is 14.0. The fraction of sp³-hybridized carbons (Fsp3) is 0.417. The molecule has 0 aliphatic carbocycles. The maximum absolute atomic E-state index is 11.7. The van der Waals surface area contributed by atoms with Gasteiger partial charge in [-0.2, -0.15) is 0 Å². The van der Waals surface area contributed by atoms with Crippen LogP contribution in [0.25, 0.3) is 0 Å². The third kappa shape index (κ3) is 4.82. The largest absolute Gasteiger partial charge is 0.409 e. The van der Waals surface area contributed by atoms with Crippen molar-refractivity contribution in [2.24, 2.45) is 10.9 Å². The SMILES string of the molecule is Cc1cncc(C(=O)NCCCCC(N)=NO)c1. The number of hydrogen-bond donors (Lipinski definition) is 3. The summed E-state index contributed by atoms with van der Waals surface area (Å²) in [4.78, 5) is 15.7. The van der Waals surface area contributed by atoms with E-state index in [1.807, 2.05) is 6.92 Å². The second kappa shape index (κ2) is 7.26. The molecule has 0 spiro atoms. The molecule has 0 aliphatic rings. The Hall–Kier alpha value is -2.11. The van der Waals surface area contributed by atoms with Crippen molar-refractivity contribution >= 4 is 11.7 Å². The van der Waals surface area contributed by atoms with Gasteiger partial charge in [-0.1, -0.05) is 5.16 Å². The van der Waals surface area contributed by atoms with Crippen LogP contribution in [0.1, 0.15) is 35.2 Å². The van der Waals surface area contributed by atoms with Gasteiger partial charge in [-0.05, 0) is 31.4 Å². The molecule has 0 bridgehead atoms. The van der Waals surface area contributed by atoms with Crippen LogP contribution in [-0.4, -0.2) is 28.5 Å². The van der Waals surface area contributed by atoms with Gasteiger partial charge in [0.2, 0.25) is 0 Å². The van der Waals surface area contributed by atoms with Crippen LogP contribution in [0.3, 0.4) is 0 Å². The van der Waals surface area contributed by atoms with E-state index in [-0.39, 0.29) is 11.7 Å². The van der Waals surface area contributed by atoms with E-state index < -0.39 is 0 Å². The quantitative estimate of drug-likeness (QED) is 0.231. The van der Waals surface area contributed by atoms with Gasteiger partial charge in [-0.15, -0.1) is 0 Å². The number of nitrogens with two attached hydrogens (primary N) is 1. The molecule has 0 radical (unpaired) electrons. The molecule has 0 aliphatic heterocycles. The molecule has 6 heteroatoms. The van der Waals surface area contributed by atoms with Gasteiger partial charge in [0.15, 0.2) is 0 Å². The molecular weight excluding hydrogens is 232 g/mol. The van der Waals surface area contributed by atoms with Crippen molar-refractivity contribution in [3.8, 4) is 0 Å². The van der Waals surface area contributed by atoms with Gasteiger partial charge in [0, 0.05) is 25.4 Å². The lowest BCUT2D eigenvalue weighted by molar-refractivity contribution is 0.0952. The number of aromatic nitrogens is 1. The molecule has 0 atom stereocenters. The molecule has 6 nitrogen and oxygen atoms in total. The van der Waals surface area contributed by atoms with Crippen LogP contribution >= 0.6 is 0 Å². The molecule has 1 aromatic heterocycles. The second-order valence-electron chi connectivity index (χ2n) is 4.06. The summed E-state index contributed by atoms with van der Waals surface area (Å²) in [6.07, 6.45) is 5.31. The summed E-state index contributed by atoms with van der Waals surface area (Å²) in [5, 5.41) is 14.0. The van der Waals surface area contributed by atoms with Gasteiger partial charge in [0.25, 0.3) is 5.91 Å². The maximum atomic E-state index is 11.7. The molecule has 1 aromatic rings. The van der Waals surface area contributed by atoms with Crippen molar-refractivity contribution in [1.29, 1.82) is 0 Å². The van der Waals surface area contributed by atoms with Crippen molar-refractivity contribution in [2.75, 3.05) is 6.54 Å². The lowest BCUT2D eigenvalue weighted by atomic mass is 10.2. The highest BCUT2D eigenvalue weighted by atomic mass is 16.4. The fourth-order valence-corrected chi connectivity index (χ4v) is 1.46. The molecule has 1 rings (SSSR count). The van der Waals surface area contributed by atoms with Gasteiger partial charge < -0.3 is 16.3 Å². The summed E-state index contributed by atoms with van der Waals surface area (Å²) in [6, 6.07) is 1.79. The summed E-state index contributed by atoms with van der Waals surface area (Å²) >= 11 is 0. The van der Waals surface area contributed by atoms with Gasteiger partial charge in [-0.25, -0.2) is 0 Å². The van der Waals surface area contributed by atoms with E-state index in [1.54, 1.807) is 18.5 Å². The third-order valence-electron chi connectivity index (χ3n) is 2.41. The maximum Gasteiger partial charge on any atom is 0.252 e. The fourth-order valence-electron chi connectivity index (χ4n) is 1.46. The lowest BCUT2D eigenvalue weighted by Crippen LogP contribution is -2.25. The number of carbonyl (C=O) groups is 1. The van der Waals surface area contributed by atoms with E-state index in [4.69, 9.17) is 10.9 Å². The van der Waals surface area contributed by atoms with E-state index in [0.717, 1.165) is 18.4 Å². The first-order chi connectivity index (χ1) is 8.63. The Balaban J connectivity index is 2.26.